The Balaban J connectivity index is 2.47. The van der Waals surface area contributed by atoms with Crippen molar-refractivity contribution in [2.75, 3.05) is 4.90 Å². The Morgan fingerprint density at radius 3 is 2.50 bits per heavy atom. The van der Waals surface area contributed by atoms with E-state index in [2.05, 4.69) is 0 Å². The molecule has 1 aromatic carbocycles. The largest absolute Gasteiger partial charge is 0.508 e. The predicted molar refractivity (Wildman–Crippen MR) is 54.3 cm³/mol. The van der Waals surface area contributed by atoms with Crippen molar-refractivity contribution >= 4 is 17.5 Å². The highest BCUT2D eigenvalue weighted by Crippen LogP contribution is 2.27. The van der Waals surface area contributed by atoms with Gasteiger partial charge in [0.2, 0.25) is 0 Å². The SMILES string of the molecule is CC1=CC(=O)N(c2ccc(O)cc2F)C1=O. The third-order valence-corrected chi connectivity index (χ3v) is 2.27. The van der Waals surface area contributed by atoms with Crippen LogP contribution in [0.5, 0.6) is 5.75 Å². The molecule has 0 saturated heterocycles. The van der Waals surface area contributed by atoms with Crippen LogP contribution in [0.25, 0.3) is 0 Å². The fourth-order valence-corrected chi connectivity index (χ4v) is 1.49. The second-order valence-corrected chi connectivity index (χ2v) is 3.44. The van der Waals surface area contributed by atoms with Crippen LogP contribution in [-0.2, 0) is 9.59 Å². The summed E-state index contributed by atoms with van der Waals surface area (Å²) in [5.74, 6) is -2.20. The van der Waals surface area contributed by atoms with Crippen LogP contribution in [0, 0.1) is 5.82 Å². The minimum absolute atomic E-state index is 0.152. The smallest absolute Gasteiger partial charge is 0.261 e. The maximum atomic E-state index is 13.4. The van der Waals surface area contributed by atoms with Gasteiger partial charge in [-0.25, -0.2) is 9.29 Å². The number of phenols is 1. The van der Waals surface area contributed by atoms with Gasteiger partial charge in [0.15, 0.2) is 5.82 Å². The van der Waals surface area contributed by atoms with Crippen LogP contribution in [-0.4, -0.2) is 16.9 Å². The molecule has 0 aromatic heterocycles. The van der Waals surface area contributed by atoms with Gasteiger partial charge in [-0.1, -0.05) is 0 Å². The van der Waals surface area contributed by atoms with Crippen molar-refractivity contribution in [3.63, 3.8) is 0 Å². The lowest BCUT2D eigenvalue weighted by Gasteiger charge is -2.15. The average molecular weight is 221 g/mol. The summed E-state index contributed by atoms with van der Waals surface area (Å²) >= 11 is 0. The summed E-state index contributed by atoms with van der Waals surface area (Å²) in [6.07, 6.45) is 1.15. The molecule has 0 unspecified atom stereocenters. The zero-order valence-electron chi connectivity index (χ0n) is 8.40. The number of aromatic hydroxyl groups is 1. The molecule has 0 bridgehead atoms. The third-order valence-electron chi connectivity index (χ3n) is 2.27. The van der Waals surface area contributed by atoms with Gasteiger partial charge in [0.25, 0.3) is 11.8 Å². The Bertz CT molecular complexity index is 522. The highest BCUT2D eigenvalue weighted by atomic mass is 19.1. The van der Waals surface area contributed by atoms with Gasteiger partial charge in [-0.2, -0.15) is 0 Å². The molecule has 1 N–H and O–H groups in total. The summed E-state index contributed by atoms with van der Waals surface area (Å²) in [6, 6.07) is 3.25. The summed E-state index contributed by atoms with van der Waals surface area (Å²) in [5.41, 5.74) is 0.110. The van der Waals surface area contributed by atoms with E-state index in [1.807, 2.05) is 0 Å². The van der Waals surface area contributed by atoms with Crippen LogP contribution in [0.2, 0.25) is 0 Å². The number of amides is 2. The van der Waals surface area contributed by atoms with E-state index in [1.54, 1.807) is 0 Å². The van der Waals surface area contributed by atoms with Gasteiger partial charge >= 0.3 is 0 Å². The summed E-state index contributed by atoms with van der Waals surface area (Å²) in [5, 5.41) is 9.02. The zero-order valence-corrected chi connectivity index (χ0v) is 8.40. The Morgan fingerprint density at radius 1 is 1.31 bits per heavy atom. The molecule has 5 heteroatoms. The molecule has 0 fully saturated rings. The number of carbonyl (C=O) groups is 2. The van der Waals surface area contributed by atoms with E-state index in [1.165, 1.54) is 19.1 Å². The minimum Gasteiger partial charge on any atom is -0.508 e. The fraction of sp³-hybridized carbons (Fsp3) is 0.0909. The molecule has 0 atom stereocenters. The number of imide groups is 1. The van der Waals surface area contributed by atoms with Crippen molar-refractivity contribution in [2.24, 2.45) is 0 Å². The Kier molecular flexibility index (Phi) is 2.23. The van der Waals surface area contributed by atoms with Crippen molar-refractivity contribution in [2.45, 2.75) is 6.92 Å². The number of benzene rings is 1. The first-order chi connectivity index (χ1) is 7.50. The van der Waals surface area contributed by atoms with Crippen molar-refractivity contribution < 1.29 is 19.1 Å². The third kappa shape index (κ3) is 1.46. The fourth-order valence-electron chi connectivity index (χ4n) is 1.49. The van der Waals surface area contributed by atoms with Gasteiger partial charge in [0.1, 0.15) is 5.75 Å². The average Bonchev–Trinajstić information content (AvgIpc) is 2.43. The Morgan fingerprint density at radius 2 is 2.00 bits per heavy atom. The van der Waals surface area contributed by atoms with Crippen LogP contribution in [0.15, 0.2) is 29.8 Å². The lowest BCUT2D eigenvalue weighted by atomic mass is 10.2. The molecule has 0 spiro atoms. The molecule has 2 amide bonds. The summed E-state index contributed by atoms with van der Waals surface area (Å²) in [6.45, 7) is 1.48. The van der Waals surface area contributed by atoms with E-state index in [0.29, 0.717) is 0 Å². The predicted octanol–water partition coefficient (Wildman–Crippen LogP) is 1.35. The first-order valence-electron chi connectivity index (χ1n) is 4.56. The van der Waals surface area contributed by atoms with Crippen LogP contribution in [0.4, 0.5) is 10.1 Å². The quantitative estimate of drug-likeness (QED) is 0.728. The Hall–Kier alpha value is -2.17. The highest BCUT2D eigenvalue weighted by molar-refractivity contribution is 6.30. The molecule has 0 saturated carbocycles. The molecular formula is C11H8FNO3. The monoisotopic (exact) mass is 221 g/mol. The Labute approximate surface area is 90.6 Å². The van der Waals surface area contributed by atoms with E-state index in [0.717, 1.165) is 17.0 Å². The van der Waals surface area contributed by atoms with Gasteiger partial charge in [-0.15, -0.1) is 0 Å². The van der Waals surface area contributed by atoms with Crippen molar-refractivity contribution in [3.05, 3.63) is 35.7 Å². The van der Waals surface area contributed by atoms with Crippen molar-refractivity contribution in [1.29, 1.82) is 0 Å². The molecule has 2 rings (SSSR count). The number of rotatable bonds is 1. The van der Waals surface area contributed by atoms with Crippen LogP contribution >= 0.6 is 0 Å². The van der Waals surface area contributed by atoms with Gasteiger partial charge in [-0.05, 0) is 19.1 Å². The molecule has 0 radical (unpaired) electrons. The van der Waals surface area contributed by atoms with Gasteiger partial charge in [-0.3, -0.25) is 9.59 Å². The summed E-state index contributed by atoms with van der Waals surface area (Å²) in [4.78, 5) is 23.7. The first-order valence-corrected chi connectivity index (χ1v) is 4.56. The number of nitrogens with zero attached hydrogens (tertiary/aromatic N) is 1. The zero-order chi connectivity index (χ0) is 11.9. The molecule has 1 heterocycles. The topological polar surface area (TPSA) is 57.6 Å². The second kappa shape index (κ2) is 3.44. The maximum absolute atomic E-state index is 13.4. The maximum Gasteiger partial charge on any atom is 0.261 e. The van der Waals surface area contributed by atoms with Crippen molar-refractivity contribution in [3.8, 4) is 5.75 Å². The van der Waals surface area contributed by atoms with Crippen molar-refractivity contribution in [1.82, 2.24) is 0 Å². The van der Waals surface area contributed by atoms with E-state index in [9.17, 15) is 14.0 Å². The molecule has 82 valence electrons. The number of hydrogen-bond acceptors (Lipinski definition) is 3. The number of halogens is 1. The van der Waals surface area contributed by atoms with Gasteiger partial charge in [0, 0.05) is 17.7 Å². The highest BCUT2D eigenvalue weighted by Gasteiger charge is 2.31. The normalized spacial score (nSPS) is 15.6. The molecule has 1 aliphatic rings. The number of carbonyl (C=O) groups excluding carboxylic acids is 2. The number of hydrogen-bond donors (Lipinski definition) is 1. The molecule has 1 aromatic rings. The summed E-state index contributed by atoms with van der Waals surface area (Å²) < 4.78 is 13.4. The standard InChI is InChI=1S/C11H8FNO3/c1-6-4-10(15)13(11(6)16)9-3-2-7(14)5-8(9)12/h2-5,14H,1H3. The van der Waals surface area contributed by atoms with E-state index in [-0.39, 0.29) is 17.0 Å². The van der Waals surface area contributed by atoms with Crippen LogP contribution < -0.4 is 4.90 Å². The van der Waals surface area contributed by atoms with E-state index < -0.39 is 17.6 Å². The number of anilines is 1. The van der Waals surface area contributed by atoms with Gasteiger partial charge < -0.3 is 5.11 Å². The molecule has 1 aliphatic heterocycles. The first kappa shape index (κ1) is 10.4. The molecular weight excluding hydrogens is 213 g/mol. The minimum atomic E-state index is -0.815. The molecule has 4 nitrogen and oxygen atoms in total. The lowest BCUT2D eigenvalue weighted by molar-refractivity contribution is -0.120. The molecule has 16 heavy (non-hydrogen) atoms. The second-order valence-electron chi connectivity index (χ2n) is 3.44. The molecule has 0 aliphatic carbocycles. The number of phenolic OH excluding ortho intramolecular Hbond substituents is 1. The van der Waals surface area contributed by atoms with Crippen LogP contribution in [0.3, 0.4) is 0 Å². The van der Waals surface area contributed by atoms with Crippen LogP contribution in [0.1, 0.15) is 6.92 Å². The lowest BCUT2D eigenvalue weighted by Crippen LogP contribution is -2.31. The van der Waals surface area contributed by atoms with E-state index >= 15 is 0 Å². The van der Waals surface area contributed by atoms with E-state index in [4.69, 9.17) is 5.11 Å². The van der Waals surface area contributed by atoms with Gasteiger partial charge in [0.05, 0.1) is 5.69 Å². The summed E-state index contributed by atoms with van der Waals surface area (Å²) in [7, 11) is 0.